The lowest BCUT2D eigenvalue weighted by Crippen LogP contribution is -2.45. The molecule has 1 fully saturated rings. The molecule has 0 radical (unpaired) electrons. The third-order valence-corrected chi connectivity index (χ3v) is 4.95. The predicted molar refractivity (Wildman–Crippen MR) is 95.4 cm³/mol. The average Bonchev–Trinajstić information content (AvgIpc) is 3.19. The van der Waals surface area contributed by atoms with Crippen molar-refractivity contribution >= 4 is 5.91 Å². The van der Waals surface area contributed by atoms with E-state index in [1.165, 1.54) is 5.56 Å². The highest BCUT2D eigenvalue weighted by Gasteiger charge is 2.35. The van der Waals surface area contributed by atoms with Crippen molar-refractivity contribution in [2.24, 2.45) is 11.8 Å². The predicted octanol–water partition coefficient (Wildman–Crippen LogP) is 1.53. The van der Waals surface area contributed by atoms with E-state index in [-0.39, 0.29) is 17.9 Å². The summed E-state index contributed by atoms with van der Waals surface area (Å²) in [5, 5.41) is 3.33. The van der Waals surface area contributed by atoms with Gasteiger partial charge < -0.3 is 10.2 Å². The molecular weight excluding hydrogens is 300 g/mol. The second-order valence-corrected chi connectivity index (χ2v) is 7.33. The minimum atomic E-state index is 0.136. The third kappa shape index (κ3) is 4.42. The van der Waals surface area contributed by atoms with Crippen molar-refractivity contribution in [2.75, 3.05) is 33.7 Å². The third-order valence-electron chi connectivity index (χ3n) is 4.95. The standard InChI is InChI=1S/C19H28N4O/c1-22(2)12-17-13-23(11-15-6-5-9-20-10-15)14-18(17)21-19(24)16-7-3-4-8-16/h3-6,9-10,16-18H,7-8,11-14H2,1-2H3,(H,21,24)/t17-,18-/m1/s1. The molecule has 0 spiro atoms. The Hall–Kier alpha value is -1.72. The van der Waals surface area contributed by atoms with Gasteiger partial charge in [-0.3, -0.25) is 14.7 Å². The molecule has 1 aliphatic carbocycles. The van der Waals surface area contributed by atoms with Gasteiger partial charge in [0.25, 0.3) is 0 Å². The number of carbonyl (C=O) groups is 1. The Labute approximate surface area is 144 Å². The summed E-state index contributed by atoms with van der Waals surface area (Å²) in [6, 6.07) is 4.33. The SMILES string of the molecule is CN(C)C[C@@H]1CN(Cc2cccnc2)C[C@H]1NC(=O)C1CC=CC1. The summed E-state index contributed by atoms with van der Waals surface area (Å²) >= 11 is 0. The maximum atomic E-state index is 12.5. The molecule has 2 heterocycles. The van der Waals surface area contributed by atoms with Crippen LogP contribution in [0.2, 0.25) is 0 Å². The Bertz CT molecular complexity index is 564. The molecule has 0 bridgehead atoms. The maximum absolute atomic E-state index is 12.5. The monoisotopic (exact) mass is 328 g/mol. The Morgan fingerprint density at radius 2 is 2.12 bits per heavy atom. The van der Waals surface area contributed by atoms with Crippen LogP contribution in [-0.4, -0.2) is 60.5 Å². The van der Waals surface area contributed by atoms with E-state index in [9.17, 15) is 4.79 Å². The van der Waals surface area contributed by atoms with Crippen molar-refractivity contribution in [3.63, 3.8) is 0 Å². The molecule has 1 aromatic rings. The van der Waals surface area contributed by atoms with Gasteiger partial charge in [-0.15, -0.1) is 0 Å². The van der Waals surface area contributed by atoms with Gasteiger partial charge in [0.2, 0.25) is 5.91 Å². The fraction of sp³-hybridized carbons (Fsp3) is 0.579. The summed E-state index contributed by atoms with van der Waals surface area (Å²) in [5.41, 5.74) is 1.23. The number of nitrogens with zero attached hydrogens (tertiary/aromatic N) is 3. The summed E-state index contributed by atoms with van der Waals surface area (Å²) in [4.78, 5) is 21.4. The molecule has 1 N–H and O–H groups in total. The normalized spacial score (nSPS) is 24.8. The maximum Gasteiger partial charge on any atom is 0.224 e. The molecule has 5 heteroatoms. The molecule has 0 unspecified atom stereocenters. The van der Waals surface area contributed by atoms with E-state index in [1.807, 2.05) is 12.3 Å². The Morgan fingerprint density at radius 1 is 1.33 bits per heavy atom. The van der Waals surface area contributed by atoms with Gasteiger partial charge >= 0.3 is 0 Å². The Balaban J connectivity index is 1.60. The zero-order chi connectivity index (χ0) is 16.9. The first kappa shape index (κ1) is 17.1. The van der Waals surface area contributed by atoms with E-state index in [4.69, 9.17) is 0 Å². The second-order valence-electron chi connectivity index (χ2n) is 7.33. The van der Waals surface area contributed by atoms with Crippen LogP contribution in [0, 0.1) is 11.8 Å². The number of carbonyl (C=O) groups excluding carboxylic acids is 1. The number of amides is 1. The topological polar surface area (TPSA) is 48.5 Å². The van der Waals surface area contributed by atoms with Crippen LogP contribution < -0.4 is 5.32 Å². The van der Waals surface area contributed by atoms with Crippen molar-refractivity contribution in [2.45, 2.75) is 25.4 Å². The Kier molecular flexibility index (Phi) is 5.63. The molecule has 1 aliphatic heterocycles. The van der Waals surface area contributed by atoms with E-state index in [0.717, 1.165) is 39.0 Å². The highest BCUT2D eigenvalue weighted by molar-refractivity contribution is 5.79. The molecule has 0 saturated carbocycles. The molecule has 5 nitrogen and oxygen atoms in total. The molecule has 2 aliphatic rings. The second kappa shape index (κ2) is 7.90. The van der Waals surface area contributed by atoms with Crippen molar-refractivity contribution < 1.29 is 4.79 Å². The van der Waals surface area contributed by atoms with E-state index >= 15 is 0 Å². The van der Waals surface area contributed by atoms with Gasteiger partial charge in [0.05, 0.1) is 0 Å². The van der Waals surface area contributed by atoms with Crippen LogP contribution in [0.5, 0.6) is 0 Å². The Morgan fingerprint density at radius 3 is 2.79 bits per heavy atom. The average molecular weight is 328 g/mol. The van der Waals surface area contributed by atoms with Crippen LogP contribution in [-0.2, 0) is 11.3 Å². The van der Waals surface area contributed by atoms with Gasteiger partial charge in [-0.1, -0.05) is 18.2 Å². The van der Waals surface area contributed by atoms with Crippen LogP contribution in [0.4, 0.5) is 0 Å². The fourth-order valence-electron chi connectivity index (χ4n) is 3.79. The summed E-state index contributed by atoms with van der Waals surface area (Å²) < 4.78 is 0. The number of pyridine rings is 1. The summed E-state index contributed by atoms with van der Waals surface area (Å²) in [5.74, 6) is 0.823. The lowest BCUT2D eigenvalue weighted by atomic mass is 10.0. The van der Waals surface area contributed by atoms with Gasteiger partial charge in [0.15, 0.2) is 0 Å². The van der Waals surface area contributed by atoms with E-state index in [1.54, 1.807) is 6.20 Å². The summed E-state index contributed by atoms with van der Waals surface area (Å²) in [6.45, 7) is 3.83. The van der Waals surface area contributed by atoms with E-state index in [0.29, 0.717) is 5.92 Å². The van der Waals surface area contributed by atoms with Gasteiger partial charge in [-0.05, 0) is 38.6 Å². The number of hydrogen-bond donors (Lipinski definition) is 1. The van der Waals surface area contributed by atoms with Crippen LogP contribution in [0.25, 0.3) is 0 Å². The van der Waals surface area contributed by atoms with Gasteiger partial charge in [-0.25, -0.2) is 0 Å². The van der Waals surface area contributed by atoms with Crippen molar-refractivity contribution in [1.29, 1.82) is 0 Å². The van der Waals surface area contributed by atoms with E-state index in [2.05, 4.69) is 52.4 Å². The number of likely N-dealkylation sites (tertiary alicyclic amines) is 1. The molecular formula is C19H28N4O. The molecule has 0 aromatic carbocycles. The van der Waals surface area contributed by atoms with Crippen molar-refractivity contribution in [1.82, 2.24) is 20.1 Å². The summed E-state index contributed by atoms with van der Waals surface area (Å²) in [6.07, 6.45) is 9.74. The smallest absolute Gasteiger partial charge is 0.224 e. The fourth-order valence-corrected chi connectivity index (χ4v) is 3.79. The number of allylic oxidation sites excluding steroid dienone is 2. The van der Waals surface area contributed by atoms with Gasteiger partial charge in [0, 0.05) is 56.5 Å². The first-order chi connectivity index (χ1) is 11.6. The number of nitrogens with one attached hydrogen (secondary N) is 1. The molecule has 130 valence electrons. The molecule has 3 rings (SSSR count). The number of rotatable bonds is 6. The van der Waals surface area contributed by atoms with Crippen LogP contribution >= 0.6 is 0 Å². The lowest BCUT2D eigenvalue weighted by Gasteiger charge is -2.24. The highest BCUT2D eigenvalue weighted by Crippen LogP contribution is 2.23. The van der Waals surface area contributed by atoms with Crippen LogP contribution in [0.3, 0.4) is 0 Å². The van der Waals surface area contributed by atoms with Crippen molar-refractivity contribution in [3.8, 4) is 0 Å². The minimum absolute atomic E-state index is 0.136. The lowest BCUT2D eigenvalue weighted by molar-refractivity contribution is -0.125. The van der Waals surface area contributed by atoms with Crippen molar-refractivity contribution in [3.05, 3.63) is 42.2 Å². The molecule has 1 amide bonds. The molecule has 2 atom stereocenters. The van der Waals surface area contributed by atoms with Crippen LogP contribution in [0.15, 0.2) is 36.7 Å². The van der Waals surface area contributed by atoms with Gasteiger partial charge in [-0.2, -0.15) is 0 Å². The minimum Gasteiger partial charge on any atom is -0.351 e. The zero-order valence-corrected chi connectivity index (χ0v) is 14.7. The zero-order valence-electron chi connectivity index (χ0n) is 14.7. The molecule has 1 aromatic heterocycles. The quantitative estimate of drug-likeness (QED) is 0.805. The molecule has 1 saturated heterocycles. The highest BCUT2D eigenvalue weighted by atomic mass is 16.2. The number of aromatic nitrogens is 1. The van der Waals surface area contributed by atoms with Gasteiger partial charge in [0.1, 0.15) is 0 Å². The first-order valence-corrected chi connectivity index (χ1v) is 8.83. The largest absolute Gasteiger partial charge is 0.351 e. The molecule has 24 heavy (non-hydrogen) atoms. The van der Waals surface area contributed by atoms with Crippen LogP contribution in [0.1, 0.15) is 18.4 Å². The first-order valence-electron chi connectivity index (χ1n) is 8.83. The number of hydrogen-bond acceptors (Lipinski definition) is 4. The summed E-state index contributed by atoms with van der Waals surface area (Å²) in [7, 11) is 4.20. The van der Waals surface area contributed by atoms with E-state index < -0.39 is 0 Å².